The molecule has 6 nitrogen and oxygen atoms in total. The Morgan fingerprint density at radius 3 is 2.38 bits per heavy atom. The summed E-state index contributed by atoms with van der Waals surface area (Å²) in [5, 5.41) is 2.47. The smallest absolute Gasteiger partial charge is 0.416 e. The number of ether oxygens (including phenoxy) is 1. The zero-order valence-corrected chi connectivity index (χ0v) is 17.7. The molecule has 0 bridgehead atoms. The molecular formula is C23H26F3N3O3. The third-order valence-electron chi connectivity index (χ3n) is 5.67. The van der Waals surface area contributed by atoms with Crippen LogP contribution < -0.4 is 11.1 Å². The number of rotatable bonds is 6. The highest BCUT2D eigenvalue weighted by molar-refractivity contribution is 5.89. The Bertz CT molecular complexity index is 930. The first-order valence-electron chi connectivity index (χ1n) is 10.3. The Labute approximate surface area is 184 Å². The van der Waals surface area contributed by atoms with Crippen LogP contribution in [0.4, 0.5) is 18.0 Å². The number of nitrogens with one attached hydrogen (secondary N) is 1. The van der Waals surface area contributed by atoms with Gasteiger partial charge in [0, 0.05) is 18.5 Å². The van der Waals surface area contributed by atoms with Crippen LogP contribution in [0.1, 0.15) is 45.9 Å². The van der Waals surface area contributed by atoms with Gasteiger partial charge in [-0.2, -0.15) is 13.2 Å². The van der Waals surface area contributed by atoms with Gasteiger partial charge in [-0.05, 0) is 61.8 Å². The SMILES string of the molecule is CN1CCCC(COC(=O)c2ccc(CNC(N)=O)cc2)C1c1ccc(C(F)(F)F)cc1. The summed E-state index contributed by atoms with van der Waals surface area (Å²) in [7, 11) is 1.93. The van der Waals surface area contributed by atoms with Gasteiger partial charge in [-0.1, -0.05) is 24.3 Å². The van der Waals surface area contributed by atoms with Gasteiger partial charge in [0.15, 0.2) is 0 Å². The maximum absolute atomic E-state index is 12.9. The molecule has 0 aromatic heterocycles. The van der Waals surface area contributed by atoms with Crippen LogP contribution in [0.25, 0.3) is 0 Å². The monoisotopic (exact) mass is 449 g/mol. The number of halogens is 3. The van der Waals surface area contributed by atoms with Gasteiger partial charge in [0.05, 0.1) is 17.7 Å². The van der Waals surface area contributed by atoms with Crippen molar-refractivity contribution >= 4 is 12.0 Å². The second-order valence-electron chi connectivity index (χ2n) is 7.96. The number of alkyl halides is 3. The molecule has 1 heterocycles. The molecule has 2 aromatic rings. The molecule has 2 aromatic carbocycles. The minimum atomic E-state index is -4.38. The van der Waals surface area contributed by atoms with Crippen molar-refractivity contribution in [3.05, 3.63) is 70.8 Å². The number of amides is 2. The van der Waals surface area contributed by atoms with Crippen molar-refractivity contribution in [3.63, 3.8) is 0 Å². The molecule has 0 radical (unpaired) electrons. The highest BCUT2D eigenvalue weighted by Crippen LogP contribution is 2.37. The number of hydrogen-bond donors (Lipinski definition) is 2. The number of likely N-dealkylation sites (tertiary alicyclic amines) is 1. The van der Waals surface area contributed by atoms with Crippen molar-refractivity contribution in [1.29, 1.82) is 0 Å². The molecule has 0 saturated carbocycles. The van der Waals surface area contributed by atoms with E-state index in [1.54, 1.807) is 24.3 Å². The second kappa shape index (κ2) is 10.0. The van der Waals surface area contributed by atoms with Gasteiger partial charge in [0.1, 0.15) is 0 Å². The van der Waals surface area contributed by atoms with Crippen LogP contribution in [0.2, 0.25) is 0 Å². The van der Waals surface area contributed by atoms with Gasteiger partial charge in [-0.15, -0.1) is 0 Å². The van der Waals surface area contributed by atoms with E-state index >= 15 is 0 Å². The molecule has 0 spiro atoms. The largest absolute Gasteiger partial charge is 0.462 e. The van der Waals surface area contributed by atoms with Crippen molar-refractivity contribution in [2.24, 2.45) is 11.7 Å². The number of urea groups is 1. The number of esters is 1. The molecule has 0 aliphatic carbocycles. The van der Waals surface area contributed by atoms with E-state index in [0.717, 1.165) is 42.6 Å². The van der Waals surface area contributed by atoms with Crippen LogP contribution in [0.5, 0.6) is 0 Å². The summed E-state index contributed by atoms with van der Waals surface area (Å²) in [4.78, 5) is 25.4. The second-order valence-corrected chi connectivity index (χ2v) is 7.96. The maximum atomic E-state index is 12.9. The van der Waals surface area contributed by atoms with Gasteiger partial charge >= 0.3 is 18.2 Å². The Morgan fingerprint density at radius 1 is 1.12 bits per heavy atom. The highest BCUT2D eigenvalue weighted by Gasteiger charge is 2.34. The molecule has 1 saturated heterocycles. The fourth-order valence-corrected chi connectivity index (χ4v) is 4.04. The zero-order chi connectivity index (χ0) is 23.3. The minimum Gasteiger partial charge on any atom is -0.462 e. The number of primary amides is 1. The fraction of sp³-hybridized carbons (Fsp3) is 0.391. The van der Waals surface area contributed by atoms with Gasteiger partial charge in [-0.25, -0.2) is 9.59 Å². The lowest BCUT2D eigenvalue weighted by atomic mass is 9.85. The highest BCUT2D eigenvalue weighted by atomic mass is 19.4. The standard InChI is InChI=1S/C23H26F3N3O3/c1-29-12-2-3-18(20(29)16-8-10-19(11-9-16)23(24,25)26)14-32-21(30)17-6-4-15(5-7-17)13-28-22(27)31/h4-11,18,20H,2-3,12-14H2,1H3,(H3,27,28,31). The third-order valence-corrected chi connectivity index (χ3v) is 5.67. The average molecular weight is 449 g/mol. The molecule has 2 atom stereocenters. The Kier molecular flexibility index (Phi) is 7.40. The van der Waals surface area contributed by atoms with E-state index in [9.17, 15) is 22.8 Å². The third kappa shape index (κ3) is 6.00. The molecule has 32 heavy (non-hydrogen) atoms. The molecule has 172 valence electrons. The van der Waals surface area contributed by atoms with Gasteiger partial charge < -0.3 is 15.8 Å². The lowest BCUT2D eigenvalue weighted by Crippen LogP contribution is -2.38. The molecule has 3 N–H and O–H groups in total. The summed E-state index contributed by atoms with van der Waals surface area (Å²) in [5.41, 5.74) is 6.29. The normalized spacial score (nSPS) is 19.4. The molecule has 1 fully saturated rings. The number of carbonyl (C=O) groups is 2. The van der Waals surface area contributed by atoms with Crippen molar-refractivity contribution in [2.75, 3.05) is 20.2 Å². The first-order valence-corrected chi connectivity index (χ1v) is 10.3. The lowest BCUT2D eigenvalue weighted by Gasteiger charge is -2.39. The summed E-state index contributed by atoms with van der Waals surface area (Å²) in [6.07, 6.45) is -2.66. The van der Waals surface area contributed by atoms with E-state index < -0.39 is 23.7 Å². The lowest BCUT2D eigenvalue weighted by molar-refractivity contribution is -0.137. The van der Waals surface area contributed by atoms with Crippen LogP contribution in [0.3, 0.4) is 0 Å². The van der Waals surface area contributed by atoms with E-state index in [0.29, 0.717) is 5.56 Å². The fourth-order valence-electron chi connectivity index (χ4n) is 4.04. The molecular weight excluding hydrogens is 423 g/mol. The Hall–Kier alpha value is -3.07. The van der Waals surface area contributed by atoms with Crippen molar-refractivity contribution in [1.82, 2.24) is 10.2 Å². The zero-order valence-electron chi connectivity index (χ0n) is 17.7. The number of benzene rings is 2. The number of piperidine rings is 1. The summed E-state index contributed by atoms with van der Waals surface area (Å²) >= 11 is 0. The summed E-state index contributed by atoms with van der Waals surface area (Å²) in [6.45, 7) is 1.24. The molecule has 1 aliphatic heterocycles. The van der Waals surface area contributed by atoms with Crippen LogP contribution >= 0.6 is 0 Å². The van der Waals surface area contributed by atoms with Gasteiger partial charge in [0.2, 0.25) is 0 Å². The summed E-state index contributed by atoms with van der Waals surface area (Å²) < 4.78 is 44.2. The quantitative estimate of drug-likeness (QED) is 0.650. The summed E-state index contributed by atoms with van der Waals surface area (Å²) in [5.74, 6) is -0.507. The van der Waals surface area contributed by atoms with Gasteiger partial charge in [-0.3, -0.25) is 4.90 Å². The van der Waals surface area contributed by atoms with Crippen LogP contribution in [0, 0.1) is 5.92 Å². The number of carbonyl (C=O) groups excluding carboxylic acids is 2. The molecule has 3 rings (SSSR count). The molecule has 9 heteroatoms. The average Bonchev–Trinajstić information content (AvgIpc) is 2.76. The van der Waals surface area contributed by atoms with Crippen LogP contribution in [-0.2, 0) is 17.5 Å². The topological polar surface area (TPSA) is 84.7 Å². The van der Waals surface area contributed by atoms with E-state index in [1.165, 1.54) is 12.1 Å². The maximum Gasteiger partial charge on any atom is 0.416 e. The van der Waals surface area contributed by atoms with Crippen molar-refractivity contribution in [2.45, 2.75) is 31.6 Å². The van der Waals surface area contributed by atoms with E-state index in [1.807, 2.05) is 7.05 Å². The Morgan fingerprint density at radius 2 is 1.78 bits per heavy atom. The number of nitrogens with zero attached hydrogens (tertiary/aromatic N) is 1. The summed E-state index contributed by atoms with van der Waals surface area (Å²) in [6, 6.07) is 11.0. The van der Waals surface area contributed by atoms with Crippen molar-refractivity contribution < 1.29 is 27.5 Å². The van der Waals surface area contributed by atoms with E-state index in [-0.39, 0.29) is 25.1 Å². The van der Waals surface area contributed by atoms with Crippen molar-refractivity contribution in [3.8, 4) is 0 Å². The Balaban J connectivity index is 1.64. The number of hydrogen-bond acceptors (Lipinski definition) is 4. The number of nitrogens with two attached hydrogens (primary N) is 1. The first kappa shape index (κ1) is 23.6. The minimum absolute atomic E-state index is 0.0338. The van der Waals surface area contributed by atoms with E-state index in [2.05, 4.69) is 10.2 Å². The van der Waals surface area contributed by atoms with Crippen LogP contribution in [0.15, 0.2) is 48.5 Å². The first-order chi connectivity index (χ1) is 15.1. The van der Waals surface area contributed by atoms with E-state index in [4.69, 9.17) is 10.5 Å². The molecule has 2 unspecified atom stereocenters. The molecule has 1 aliphatic rings. The predicted octanol–water partition coefficient (Wildman–Crippen LogP) is 4.11. The van der Waals surface area contributed by atoms with Gasteiger partial charge in [0.25, 0.3) is 0 Å². The molecule has 2 amide bonds. The van der Waals surface area contributed by atoms with Crippen LogP contribution in [-0.4, -0.2) is 37.1 Å². The predicted molar refractivity (Wildman–Crippen MR) is 113 cm³/mol.